The van der Waals surface area contributed by atoms with Gasteiger partial charge < -0.3 is 0 Å². The van der Waals surface area contributed by atoms with Gasteiger partial charge in [0.2, 0.25) is 0 Å². The summed E-state index contributed by atoms with van der Waals surface area (Å²) < 4.78 is 11.9. The van der Waals surface area contributed by atoms with E-state index in [1.165, 1.54) is 37.7 Å². The minimum atomic E-state index is -0.947. The van der Waals surface area contributed by atoms with Crippen LogP contribution in [0.1, 0.15) is 43.6 Å². The molecule has 1 nitrogen and oxygen atoms in total. The van der Waals surface area contributed by atoms with Crippen LogP contribution in [0.15, 0.2) is 30.3 Å². The highest BCUT2D eigenvalue weighted by molar-refractivity contribution is 7.44. The Morgan fingerprint density at radius 2 is 1.76 bits per heavy atom. The van der Waals surface area contributed by atoms with E-state index in [1.807, 2.05) is 0 Å². The lowest BCUT2D eigenvalue weighted by Gasteiger charge is -2.37. The van der Waals surface area contributed by atoms with Gasteiger partial charge in [-0.25, -0.2) is 0 Å². The molecule has 0 aromatic heterocycles. The molecule has 2 aliphatic rings. The van der Waals surface area contributed by atoms with Crippen molar-refractivity contribution in [2.45, 2.75) is 38.0 Å². The summed E-state index contributed by atoms with van der Waals surface area (Å²) in [4.78, 5) is 0. The Morgan fingerprint density at radius 3 is 2.47 bits per heavy atom. The van der Waals surface area contributed by atoms with Crippen LogP contribution < -0.4 is 0 Å². The predicted octanol–water partition coefficient (Wildman–Crippen LogP) is 4.56. The molecule has 1 saturated heterocycles. The monoisotopic (exact) mass is 247 g/mol. The van der Waals surface area contributed by atoms with Gasteiger partial charge in [0.15, 0.2) is 6.16 Å². The van der Waals surface area contributed by atoms with Crippen LogP contribution in [0, 0.1) is 5.41 Å². The Morgan fingerprint density at radius 1 is 1.06 bits per heavy atom. The van der Waals surface area contributed by atoms with Gasteiger partial charge in [-0.1, -0.05) is 47.7 Å². The lowest BCUT2D eigenvalue weighted by molar-refractivity contribution is 0.225. The molecule has 1 aliphatic carbocycles. The Labute approximate surface area is 104 Å². The van der Waals surface area contributed by atoms with Gasteiger partial charge in [0.05, 0.1) is 0 Å². The maximum absolute atomic E-state index is 11.9. The zero-order valence-corrected chi connectivity index (χ0v) is 11.2. The highest BCUT2D eigenvalue weighted by Crippen LogP contribution is 2.58. The molecule has 1 spiro atoms. The van der Waals surface area contributed by atoms with Crippen molar-refractivity contribution >= 4 is 7.80 Å². The quantitative estimate of drug-likeness (QED) is 0.665. The molecule has 1 saturated carbocycles. The fraction of sp³-hybridized carbons (Fsp3) is 0.600. The molecule has 2 atom stereocenters. The van der Waals surface area contributed by atoms with Crippen molar-refractivity contribution in [2.24, 2.45) is 5.41 Å². The molecule has 2 heteroatoms. The largest absolute Gasteiger partial charge is 0.339 e. The third-order valence-electron chi connectivity index (χ3n) is 4.79. The molecule has 0 radical (unpaired) electrons. The first-order chi connectivity index (χ1) is 8.30. The van der Waals surface area contributed by atoms with Crippen molar-refractivity contribution in [3.05, 3.63) is 35.9 Å². The Kier molecular flexibility index (Phi) is 3.04. The maximum atomic E-state index is 11.9. The normalized spacial score (nSPS) is 29.6. The number of hydrogen-bond donors (Lipinski definition) is 0. The Balaban J connectivity index is 1.95. The molecule has 90 valence electrons. The van der Waals surface area contributed by atoms with Crippen LogP contribution >= 0.6 is 7.80 Å². The highest BCUT2D eigenvalue weighted by atomic mass is 31.1. The summed E-state index contributed by atoms with van der Waals surface area (Å²) in [5, 5.41) is 0. The Hall–Kier alpha value is -0.680. The molecule has 3 rings (SSSR count). The van der Waals surface area contributed by atoms with Gasteiger partial charge in [0.25, 0.3) is 0 Å². The van der Waals surface area contributed by atoms with Crippen molar-refractivity contribution < 1.29 is 4.57 Å². The summed E-state index contributed by atoms with van der Waals surface area (Å²) in [6.07, 6.45) is 8.56. The van der Waals surface area contributed by atoms with E-state index in [0.717, 1.165) is 12.3 Å². The van der Waals surface area contributed by atoms with E-state index in [4.69, 9.17) is 0 Å². The summed E-state index contributed by atoms with van der Waals surface area (Å²) >= 11 is 0. The van der Waals surface area contributed by atoms with Crippen molar-refractivity contribution in [3.63, 3.8) is 0 Å². The van der Waals surface area contributed by atoms with Crippen LogP contribution in [-0.4, -0.2) is 12.3 Å². The third-order valence-corrected chi connectivity index (χ3v) is 6.28. The molecule has 2 unspecified atom stereocenters. The lowest BCUT2D eigenvalue weighted by Crippen LogP contribution is -2.32. The fourth-order valence-corrected chi connectivity index (χ4v) is 5.71. The summed E-state index contributed by atoms with van der Waals surface area (Å²) in [5.41, 5.74) is 1.92. The fourth-order valence-electron chi connectivity index (χ4n) is 3.83. The summed E-state index contributed by atoms with van der Waals surface area (Å²) in [7, 11) is -0.947. The van der Waals surface area contributed by atoms with Crippen LogP contribution in [0.2, 0.25) is 0 Å². The summed E-state index contributed by atoms with van der Waals surface area (Å²) in [6.45, 7) is 0. The van der Waals surface area contributed by atoms with Crippen molar-refractivity contribution in [1.82, 2.24) is 0 Å². The lowest BCUT2D eigenvalue weighted by atomic mass is 9.69. The van der Waals surface area contributed by atoms with Gasteiger partial charge in [-0.2, -0.15) is 0 Å². The molecule has 1 heterocycles. The first kappa shape index (κ1) is 11.4. The second kappa shape index (κ2) is 4.53. The van der Waals surface area contributed by atoms with E-state index in [-0.39, 0.29) is 0 Å². The van der Waals surface area contributed by atoms with E-state index in [1.54, 1.807) is 0 Å². The number of hydrogen-bond acceptors (Lipinski definition) is 1. The van der Waals surface area contributed by atoms with Gasteiger partial charge in [-0.05, 0) is 30.2 Å². The minimum Gasteiger partial charge on any atom is -0.0748 e. The zero-order chi connectivity index (χ0) is 11.7. The maximum Gasteiger partial charge on any atom is 0.339 e. The molecule has 1 aromatic carbocycles. The first-order valence-electron chi connectivity index (χ1n) is 6.77. The first-order valence-corrected chi connectivity index (χ1v) is 8.40. The molecule has 1 aliphatic heterocycles. The number of rotatable bonds is 1. The van der Waals surface area contributed by atoms with Crippen LogP contribution in [0.25, 0.3) is 0 Å². The standard InChI is InChI=1S/C15H20OP/c16-17-11-10-15(8-4-5-9-15)14(12-17)13-6-2-1-3-7-13/h1-3,6-7,14H,4-5,8-12H2/q+1. The third kappa shape index (κ3) is 2.06. The molecular weight excluding hydrogens is 227 g/mol. The second-order valence-corrected chi connectivity index (χ2v) is 7.45. The molecule has 2 fully saturated rings. The minimum absolute atomic E-state index is 0.491. The smallest absolute Gasteiger partial charge is 0.0748 e. The topological polar surface area (TPSA) is 17.1 Å². The average molecular weight is 247 g/mol. The van der Waals surface area contributed by atoms with Gasteiger partial charge in [0, 0.05) is 5.92 Å². The van der Waals surface area contributed by atoms with E-state index < -0.39 is 7.80 Å². The molecular formula is C15H20OP+. The van der Waals surface area contributed by atoms with Crippen LogP contribution in [0.5, 0.6) is 0 Å². The summed E-state index contributed by atoms with van der Waals surface area (Å²) in [6, 6.07) is 10.8. The number of benzene rings is 1. The van der Waals surface area contributed by atoms with Crippen molar-refractivity contribution in [2.75, 3.05) is 12.3 Å². The van der Waals surface area contributed by atoms with E-state index in [0.29, 0.717) is 11.3 Å². The predicted molar refractivity (Wildman–Crippen MR) is 72.0 cm³/mol. The molecule has 0 N–H and O–H groups in total. The molecule has 17 heavy (non-hydrogen) atoms. The van der Waals surface area contributed by atoms with Gasteiger partial charge >= 0.3 is 7.80 Å². The zero-order valence-electron chi connectivity index (χ0n) is 10.3. The van der Waals surface area contributed by atoms with Gasteiger partial charge in [0.1, 0.15) is 6.16 Å². The highest BCUT2D eigenvalue weighted by Gasteiger charge is 2.49. The molecule has 1 aromatic rings. The van der Waals surface area contributed by atoms with E-state index >= 15 is 0 Å². The van der Waals surface area contributed by atoms with Crippen molar-refractivity contribution in [3.8, 4) is 0 Å². The van der Waals surface area contributed by atoms with Crippen LogP contribution in [-0.2, 0) is 4.57 Å². The average Bonchev–Trinajstić information content (AvgIpc) is 2.83. The van der Waals surface area contributed by atoms with E-state index in [2.05, 4.69) is 30.3 Å². The van der Waals surface area contributed by atoms with Crippen molar-refractivity contribution in [1.29, 1.82) is 0 Å². The molecule has 0 bridgehead atoms. The van der Waals surface area contributed by atoms with Gasteiger partial charge in [-0.15, -0.1) is 0 Å². The summed E-state index contributed by atoms with van der Waals surface area (Å²) in [5.74, 6) is 0.559. The van der Waals surface area contributed by atoms with Crippen LogP contribution in [0.3, 0.4) is 0 Å². The van der Waals surface area contributed by atoms with Crippen LogP contribution in [0.4, 0.5) is 0 Å². The molecule has 0 amide bonds. The second-order valence-electron chi connectivity index (χ2n) is 5.67. The SMILES string of the molecule is O=[P+]1CCC2(CCCC2)C(c2ccccc2)C1. The van der Waals surface area contributed by atoms with Gasteiger partial charge in [-0.3, -0.25) is 0 Å². The Bertz CT molecular complexity index is 406. The van der Waals surface area contributed by atoms with E-state index in [9.17, 15) is 4.57 Å².